The fraction of sp³-hybridized carbons (Fsp3) is 0.294. The molecular formula is C17H26N3O4Y-. The molecule has 0 unspecified atom stereocenters. The molecule has 25 heavy (non-hydrogen) atoms. The van der Waals surface area contributed by atoms with E-state index >= 15 is 0 Å². The third kappa shape index (κ3) is 11.6. The van der Waals surface area contributed by atoms with Gasteiger partial charge >= 0.3 is 0 Å². The molecule has 1 aromatic carbocycles. The van der Waals surface area contributed by atoms with Gasteiger partial charge in [-0.05, 0) is 25.5 Å². The molecule has 0 aliphatic carbocycles. The first kappa shape index (κ1) is 28.3. The second-order valence-corrected chi connectivity index (χ2v) is 4.83. The van der Waals surface area contributed by atoms with Gasteiger partial charge in [0.1, 0.15) is 6.29 Å². The van der Waals surface area contributed by atoms with Crippen molar-refractivity contribution in [2.24, 2.45) is 0 Å². The van der Waals surface area contributed by atoms with E-state index in [1.165, 1.54) is 12.0 Å². The summed E-state index contributed by atoms with van der Waals surface area (Å²) in [5.41, 5.74) is 11.0. The van der Waals surface area contributed by atoms with E-state index in [4.69, 9.17) is 11.0 Å². The summed E-state index contributed by atoms with van der Waals surface area (Å²) in [7, 11) is 4.68. The van der Waals surface area contributed by atoms with E-state index in [0.29, 0.717) is 23.4 Å². The van der Waals surface area contributed by atoms with Crippen LogP contribution in [0, 0.1) is 0 Å². The predicted octanol–water partition coefficient (Wildman–Crippen LogP) is 3.80. The van der Waals surface area contributed by atoms with Gasteiger partial charge in [0, 0.05) is 52.5 Å². The summed E-state index contributed by atoms with van der Waals surface area (Å²) < 4.78 is 0. The number of para-hydroxylation sites is 1. The van der Waals surface area contributed by atoms with Gasteiger partial charge in [0.05, 0.1) is 18.5 Å². The topological polar surface area (TPSA) is 93.9 Å². The van der Waals surface area contributed by atoms with Crippen LogP contribution < -0.4 is 9.80 Å². The molecule has 0 fully saturated rings. The van der Waals surface area contributed by atoms with E-state index in [1.807, 2.05) is 24.9 Å². The Kier molecular flexibility index (Phi) is 18.1. The van der Waals surface area contributed by atoms with Crippen molar-refractivity contribution in [3.63, 3.8) is 0 Å². The molecule has 0 saturated heterocycles. The van der Waals surface area contributed by atoms with Crippen molar-refractivity contribution >= 4 is 29.8 Å². The van der Waals surface area contributed by atoms with Crippen LogP contribution in [0.25, 0.3) is 5.73 Å². The summed E-state index contributed by atoms with van der Waals surface area (Å²) in [4.78, 5) is 26.7. The number of allylic oxidation sites excluding steroid dienone is 2. The second kappa shape index (κ2) is 16.0. The smallest absolute Gasteiger partial charge is 0.213 e. The van der Waals surface area contributed by atoms with Gasteiger partial charge in [-0.2, -0.15) is 0 Å². The van der Waals surface area contributed by atoms with Crippen LogP contribution >= 0.6 is 0 Å². The molecule has 137 valence electrons. The Labute approximate surface area is 174 Å². The molecule has 1 amide bonds. The van der Waals surface area contributed by atoms with Crippen LogP contribution in [-0.2, 0) is 47.2 Å². The summed E-state index contributed by atoms with van der Waals surface area (Å²) in [5.74, 6) is 0. The Morgan fingerprint density at radius 2 is 1.68 bits per heavy atom. The normalized spacial score (nSPS) is 8.24. The van der Waals surface area contributed by atoms with Crippen LogP contribution in [0.5, 0.6) is 0 Å². The number of nitrogens with one attached hydrogen (secondary N) is 1. The zero-order valence-corrected chi connectivity index (χ0v) is 18.3. The minimum absolute atomic E-state index is 0. The number of carbonyl (C=O) groups excluding carboxylic acids is 2. The third-order valence-corrected chi connectivity index (χ3v) is 2.66. The molecular weight excluding hydrogens is 399 g/mol. The number of carbonyl (C=O) groups is 2. The van der Waals surface area contributed by atoms with Crippen LogP contribution in [0.4, 0.5) is 17.1 Å². The van der Waals surface area contributed by atoms with E-state index in [9.17, 15) is 9.59 Å². The standard InChI is InChI=1S/C12H16N3O.C4H6O.CH4O2.Y/c1-9(2)15(4)11-7-5-6-10(13)12(11)14(3)8-16;1-4(2)3-5;1-3-2;/h5-8,13H,1H2,2-4H3;3H,1H2,2H3;2H,1H3;/q-1;;;. The minimum atomic E-state index is 0. The van der Waals surface area contributed by atoms with Gasteiger partial charge in [-0.25, -0.2) is 4.89 Å². The van der Waals surface area contributed by atoms with Crippen molar-refractivity contribution in [2.45, 2.75) is 13.8 Å². The molecule has 7 nitrogen and oxygen atoms in total. The Balaban J connectivity index is -0.000000455. The van der Waals surface area contributed by atoms with Gasteiger partial charge in [0.2, 0.25) is 6.41 Å². The largest absolute Gasteiger partial charge is 0.697 e. The van der Waals surface area contributed by atoms with Crippen LogP contribution in [0.3, 0.4) is 0 Å². The molecule has 0 spiro atoms. The number of nitrogens with zero attached hydrogens (tertiary/aromatic N) is 2. The number of aldehydes is 1. The van der Waals surface area contributed by atoms with E-state index in [0.717, 1.165) is 17.7 Å². The van der Waals surface area contributed by atoms with Gasteiger partial charge in [0.25, 0.3) is 0 Å². The summed E-state index contributed by atoms with van der Waals surface area (Å²) in [5, 5.41) is 7.07. The van der Waals surface area contributed by atoms with Gasteiger partial charge in [-0.3, -0.25) is 14.8 Å². The average Bonchev–Trinajstić information content (AvgIpc) is 2.54. The summed E-state index contributed by atoms with van der Waals surface area (Å²) in [6.07, 6.45) is 1.42. The summed E-state index contributed by atoms with van der Waals surface area (Å²) in [6.45, 7) is 10.7. The molecule has 1 radical (unpaired) electrons. The molecule has 0 heterocycles. The van der Waals surface area contributed by atoms with Crippen molar-refractivity contribution in [2.75, 3.05) is 31.0 Å². The molecule has 0 aliphatic rings. The van der Waals surface area contributed by atoms with Crippen LogP contribution in [0.1, 0.15) is 13.8 Å². The number of anilines is 2. The van der Waals surface area contributed by atoms with E-state index < -0.39 is 0 Å². The number of hydrogen-bond acceptors (Lipinski definition) is 5. The van der Waals surface area contributed by atoms with Crippen molar-refractivity contribution in [3.05, 3.63) is 48.4 Å². The van der Waals surface area contributed by atoms with Crippen LogP contribution in [0.2, 0.25) is 0 Å². The molecule has 0 saturated carbocycles. The fourth-order valence-corrected chi connectivity index (χ4v) is 1.43. The van der Waals surface area contributed by atoms with E-state index in [1.54, 1.807) is 26.1 Å². The Bertz CT molecular complexity index is 565. The molecule has 0 atom stereocenters. The summed E-state index contributed by atoms with van der Waals surface area (Å²) in [6, 6.07) is 5.31. The molecule has 2 N–H and O–H groups in total. The minimum Gasteiger partial charge on any atom is -0.697 e. The zero-order valence-electron chi connectivity index (χ0n) is 15.4. The summed E-state index contributed by atoms with van der Waals surface area (Å²) >= 11 is 0. The van der Waals surface area contributed by atoms with Gasteiger partial charge in [0.15, 0.2) is 0 Å². The monoisotopic (exact) mass is 425 g/mol. The maximum Gasteiger partial charge on any atom is 0.213 e. The number of rotatable bonds is 5. The van der Waals surface area contributed by atoms with E-state index in [2.05, 4.69) is 18.0 Å². The van der Waals surface area contributed by atoms with Crippen molar-refractivity contribution in [1.82, 2.24) is 0 Å². The predicted molar refractivity (Wildman–Crippen MR) is 98.6 cm³/mol. The van der Waals surface area contributed by atoms with Crippen LogP contribution in [0.15, 0.2) is 42.6 Å². The molecule has 8 heteroatoms. The van der Waals surface area contributed by atoms with Gasteiger partial charge in [-0.1, -0.05) is 25.3 Å². The third-order valence-electron chi connectivity index (χ3n) is 2.66. The van der Waals surface area contributed by atoms with Crippen LogP contribution in [-0.4, -0.2) is 39.2 Å². The Morgan fingerprint density at radius 1 is 1.24 bits per heavy atom. The maximum absolute atomic E-state index is 10.8. The molecule has 0 aliphatic heterocycles. The molecule has 0 aromatic heterocycles. The van der Waals surface area contributed by atoms with Gasteiger partial charge in [-0.15, -0.1) is 5.69 Å². The number of benzene rings is 1. The quantitative estimate of drug-likeness (QED) is 0.335. The Hall–Kier alpha value is -1.54. The maximum atomic E-state index is 10.8. The van der Waals surface area contributed by atoms with Crippen molar-refractivity contribution < 1.29 is 52.4 Å². The molecule has 1 aromatic rings. The first-order valence-corrected chi connectivity index (χ1v) is 6.88. The zero-order chi connectivity index (χ0) is 19.3. The Morgan fingerprint density at radius 3 is 2.00 bits per heavy atom. The number of amides is 1. The van der Waals surface area contributed by atoms with Crippen molar-refractivity contribution in [3.8, 4) is 0 Å². The molecule has 0 bridgehead atoms. The SMILES string of the molecule is C=C(C)C=O.C=C(C)N(C)c1cccc([NH-])c1N(C)C=O.COO.[Y]. The number of hydrogen-bond donors (Lipinski definition) is 1. The first-order valence-electron chi connectivity index (χ1n) is 6.88. The fourth-order valence-electron chi connectivity index (χ4n) is 1.43. The van der Waals surface area contributed by atoms with Gasteiger partial charge < -0.3 is 15.5 Å². The van der Waals surface area contributed by atoms with Crippen molar-refractivity contribution in [1.29, 1.82) is 0 Å². The second-order valence-electron chi connectivity index (χ2n) is 4.83. The first-order chi connectivity index (χ1) is 11.2. The van der Waals surface area contributed by atoms with E-state index in [-0.39, 0.29) is 32.7 Å². The molecule has 1 rings (SSSR count). The average molecular weight is 425 g/mol.